The van der Waals surface area contributed by atoms with E-state index in [1.165, 1.54) is 23.9 Å². The third kappa shape index (κ3) is 4.46. The summed E-state index contributed by atoms with van der Waals surface area (Å²) >= 11 is 0. The molecule has 0 unspecified atom stereocenters. The SMILES string of the molecule is Cc1cc(NC2CCN(CCOC(C)C)CC2)c2ccccc2n1. The lowest BCUT2D eigenvalue weighted by Gasteiger charge is -2.33. The maximum absolute atomic E-state index is 5.66. The molecule has 2 heterocycles. The van der Waals surface area contributed by atoms with Crippen LogP contribution in [0, 0.1) is 6.92 Å². The topological polar surface area (TPSA) is 37.4 Å². The Labute approximate surface area is 145 Å². The zero-order valence-electron chi connectivity index (χ0n) is 15.1. The van der Waals surface area contributed by atoms with E-state index in [2.05, 4.69) is 66.3 Å². The first-order chi connectivity index (χ1) is 11.6. The maximum Gasteiger partial charge on any atom is 0.0725 e. The van der Waals surface area contributed by atoms with Gasteiger partial charge in [0.05, 0.1) is 18.2 Å². The number of benzene rings is 1. The normalized spacial score (nSPS) is 16.8. The number of pyridine rings is 1. The van der Waals surface area contributed by atoms with Gasteiger partial charge in [0.2, 0.25) is 0 Å². The van der Waals surface area contributed by atoms with Crippen LogP contribution in [-0.2, 0) is 4.74 Å². The van der Waals surface area contributed by atoms with E-state index < -0.39 is 0 Å². The third-order valence-corrected chi connectivity index (χ3v) is 4.65. The minimum absolute atomic E-state index is 0.326. The Hall–Kier alpha value is -1.65. The molecule has 1 aliphatic rings. The number of likely N-dealkylation sites (tertiary alicyclic amines) is 1. The van der Waals surface area contributed by atoms with Gasteiger partial charge >= 0.3 is 0 Å². The molecule has 24 heavy (non-hydrogen) atoms. The van der Waals surface area contributed by atoms with Crippen LogP contribution in [-0.4, -0.2) is 48.3 Å². The summed E-state index contributed by atoms with van der Waals surface area (Å²) < 4.78 is 5.66. The summed E-state index contributed by atoms with van der Waals surface area (Å²) in [5.74, 6) is 0. The number of hydrogen-bond acceptors (Lipinski definition) is 4. The number of aromatic nitrogens is 1. The Morgan fingerprint density at radius 2 is 2.00 bits per heavy atom. The maximum atomic E-state index is 5.66. The quantitative estimate of drug-likeness (QED) is 0.874. The van der Waals surface area contributed by atoms with Gasteiger partial charge in [-0.3, -0.25) is 4.98 Å². The Kier molecular flexibility index (Phi) is 5.69. The molecule has 0 saturated carbocycles. The molecule has 0 bridgehead atoms. The summed E-state index contributed by atoms with van der Waals surface area (Å²) in [4.78, 5) is 7.14. The number of aryl methyl sites for hydroxylation is 1. The molecule has 0 atom stereocenters. The monoisotopic (exact) mass is 327 g/mol. The van der Waals surface area contributed by atoms with Crippen molar-refractivity contribution in [2.75, 3.05) is 31.6 Å². The molecule has 0 spiro atoms. The Balaban J connectivity index is 1.57. The molecule has 1 aliphatic heterocycles. The highest BCUT2D eigenvalue weighted by Crippen LogP contribution is 2.25. The number of fused-ring (bicyclic) bond motifs is 1. The van der Waals surface area contributed by atoms with Gasteiger partial charge in [0, 0.05) is 42.4 Å². The highest BCUT2D eigenvalue weighted by Gasteiger charge is 2.19. The van der Waals surface area contributed by atoms with Gasteiger partial charge in [-0.1, -0.05) is 18.2 Å². The van der Waals surface area contributed by atoms with Crippen molar-refractivity contribution in [2.24, 2.45) is 0 Å². The Morgan fingerprint density at radius 1 is 1.25 bits per heavy atom. The summed E-state index contributed by atoms with van der Waals surface area (Å²) in [6, 6.07) is 11.1. The van der Waals surface area contributed by atoms with Gasteiger partial charge in [0.15, 0.2) is 0 Å². The first-order valence-corrected chi connectivity index (χ1v) is 9.08. The second kappa shape index (κ2) is 7.95. The predicted octanol–water partition coefficient (Wildman–Crippen LogP) is 3.84. The molecule has 2 aromatic rings. The molecular formula is C20H29N3O. The fraction of sp³-hybridized carbons (Fsp3) is 0.550. The first kappa shape index (κ1) is 17.2. The molecule has 0 amide bonds. The molecule has 1 fully saturated rings. The summed E-state index contributed by atoms with van der Waals surface area (Å²) in [6.07, 6.45) is 2.68. The standard InChI is InChI=1S/C20H29N3O/c1-15(2)24-13-12-23-10-8-17(9-11-23)22-20-14-16(3)21-19-7-5-4-6-18(19)20/h4-7,14-15,17H,8-13H2,1-3H3,(H,21,22). The first-order valence-electron chi connectivity index (χ1n) is 9.08. The molecule has 1 aromatic heterocycles. The molecule has 1 N–H and O–H groups in total. The van der Waals surface area contributed by atoms with Crippen molar-refractivity contribution in [1.82, 2.24) is 9.88 Å². The Morgan fingerprint density at radius 3 is 2.75 bits per heavy atom. The average molecular weight is 327 g/mol. The molecule has 130 valence electrons. The van der Waals surface area contributed by atoms with Crippen LogP contribution in [0.2, 0.25) is 0 Å². The number of nitrogens with zero attached hydrogens (tertiary/aromatic N) is 2. The lowest BCUT2D eigenvalue weighted by molar-refractivity contribution is 0.0543. The van der Waals surface area contributed by atoms with Crippen molar-refractivity contribution < 1.29 is 4.74 Å². The summed E-state index contributed by atoms with van der Waals surface area (Å²) in [7, 11) is 0. The predicted molar refractivity (Wildman–Crippen MR) is 101 cm³/mol. The van der Waals surface area contributed by atoms with E-state index in [9.17, 15) is 0 Å². The molecule has 3 rings (SSSR count). The number of ether oxygens (including phenoxy) is 1. The van der Waals surface area contributed by atoms with Crippen molar-refractivity contribution in [3.05, 3.63) is 36.0 Å². The summed E-state index contributed by atoms with van der Waals surface area (Å²) in [6.45, 7) is 10.4. The second-order valence-electron chi connectivity index (χ2n) is 7.01. The van der Waals surface area contributed by atoms with E-state index in [-0.39, 0.29) is 0 Å². The second-order valence-corrected chi connectivity index (χ2v) is 7.01. The van der Waals surface area contributed by atoms with Gasteiger partial charge in [-0.15, -0.1) is 0 Å². The van der Waals surface area contributed by atoms with Gasteiger partial charge in [0.25, 0.3) is 0 Å². The molecular weight excluding hydrogens is 298 g/mol. The highest BCUT2D eigenvalue weighted by atomic mass is 16.5. The number of piperidine rings is 1. The minimum atomic E-state index is 0.326. The highest BCUT2D eigenvalue weighted by molar-refractivity contribution is 5.91. The van der Waals surface area contributed by atoms with Gasteiger partial charge in [-0.2, -0.15) is 0 Å². The number of anilines is 1. The van der Waals surface area contributed by atoms with Gasteiger partial charge in [0.1, 0.15) is 0 Å². The van der Waals surface area contributed by atoms with Gasteiger partial charge in [-0.25, -0.2) is 0 Å². The van der Waals surface area contributed by atoms with E-state index in [1.54, 1.807) is 0 Å². The van der Waals surface area contributed by atoms with Crippen LogP contribution in [0.5, 0.6) is 0 Å². The van der Waals surface area contributed by atoms with Crippen molar-refractivity contribution in [2.45, 2.75) is 45.8 Å². The zero-order valence-corrected chi connectivity index (χ0v) is 15.1. The smallest absolute Gasteiger partial charge is 0.0725 e. The van der Waals surface area contributed by atoms with E-state index in [0.717, 1.165) is 37.5 Å². The van der Waals surface area contributed by atoms with Crippen molar-refractivity contribution in [3.63, 3.8) is 0 Å². The molecule has 0 radical (unpaired) electrons. The largest absolute Gasteiger partial charge is 0.382 e. The van der Waals surface area contributed by atoms with E-state index >= 15 is 0 Å². The van der Waals surface area contributed by atoms with Crippen LogP contribution in [0.4, 0.5) is 5.69 Å². The molecule has 4 heteroatoms. The van der Waals surface area contributed by atoms with E-state index in [0.29, 0.717) is 12.1 Å². The van der Waals surface area contributed by atoms with Crippen molar-refractivity contribution in [3.8, 4) is 0 Å². The van der Waals surface area contributed by atoms with Crippen LogP contribution >= 0.6 is 0 Å². The number of rotatable bonds is 6. The zero-order chi connectivity index (χ0) is 16.9. The van der Waals surface area contributed by atoms with Crippen LogP contribution in [0.1, 0.15) is 32.4 Å². The third-order valence-electron chi connectivity index (χ3n) is 4.65. The Bertz CT molecular complexity index is 663. The van der Waals surface area contributed by atoms with Gasteiger partial charge < -0.3 is 15.0 Å². The molecule has 1 saturated heterocycles. The molecule has 4 nitrogen and oxygen atoms in total. The summed E-state index contributed by atoms with van der Waals surface area (Å²) in [5, 5.41) is 4.98. The number of para-hydroxylation sites is 1. The lowest BCUT2D eigenvalue weighted by Crippen LogP contribution is -2.40. The van der Waals surface area contributed by atoms with Crippen LogP contribution in [0.25, 0.3) is 10.9 Å². The fourth-order valence-electron chi connectivity index (χ4n) is 3.37. The van der Waals surface area contributed by atoms with E-state index in [1.807, 2.05) is 0 Å². The number of hydrogen-bond donors (Lipinski definition) is 1. The molecule has 0 aliphatic carbocycles. The molecule has 1 aromatic carbocycles. The minimum Gasteiger partial charge on any atom is -0.382 e. The average Bonchev–Trinajstić information content (AvgIpc) is 2.56. The van der Waals surface area contributed by atoms with Gasteiger partial charge in [-0.05, 0) is 45.7 Å². The van der Waals surface area contributed by atoms with E-state index in [4.69, 9.17) is 4.74 Å². The summed E-state index contributed by atoms with van der Waals surface area (Å²) in [5.41, 5.74) is 3.36. The number of nitrogens with one attached hydrogen (secondary N) is 1. The van der Waals surface area contributed by atoms with Crippen LogP contribution in [0.15, 0.2) is 30.3 Å². The van der Waals surface area contributed by atoms with Crippen LogP contribution < -0.4 is 5.32 Å². The fourth-order valence-corrected chi connectivity index (χ4v) is 3.37. The van der Waals surface area contributed by atoms with Crippen LogP contribution in [0.3, 0.4) is 0 Å². The lowest BCUT2D eigenvalue weighted by atomic mass is 10.0. The van der Waals surface area contributed by atoms with Crippen molar-refractivity contribution >= 4 is 16.6 Å². The van der Waals surface area contributed by atoms with Crippen molar-refractivity contribution in [1.29, 1.82) is 0 Å².